The maximum Gasteiger partial charge on any atom is 0.314 e. The molecule has 4 rings (SSSR count). The van der Waals surface area contributed by atoms with Crippen LogP contribution in [-0.4, -0.2) is 23.4 Å². The van der Waals surface area contributed by atoms with Gasteiger partial charge >= 0.3 is 5.97 Å². The summed E-state index contributed by atoms with van der Waals surface area (Å²) in [4.78, 5) is 29.3. The van der Waals surface area contributed by atoms with Crippen LogP contribution in [0.5, 0.6) is 5.75 Å². The molecule has 0 spiro atoms. The minimum Gasteiger partial charge on any atom is -0.426 e. The Morgan fingerprint density at radius 2 is 1.81 bits per heavy atom. The van der Waals surface area contributed by atoms with Gasteiger partial charge in [-0.3, -0.25) is 14.6 Å². The third-order valence-electron chi connectivity index (χ3n) is 5.90. The molecule has 3 N–H and O–H groups in total. The molecule has 1 aromatic heterocycles. The molecule has 0 bridgehead atoms. The molecule has 1 unspecified atom stereocenters. The van der Waals surface area contributed by atoms with E-state index in [4.69, 9.17) is 10.5 Å². The number of carbonyl (C=O) groups excluding carboxylic acids is 2. The molecule has 1 saturated carbocycles. The Balaban J connectivity index is 1.41. The van der Waals surface area contributed by atoms with Crippen molar-refractivity contribution in [1.82, 2.24) is 4.98 Å². The van der Waals surface area contributed by atoms with Gasteiger partial charge in [-0.2, -0.15) is 0 Å². The highest BCUT2D eigenvalue weighted by Crippen LogP contribution is 2.27. The zero-order chi connectivity index (χ0) is 21.6. The average molecular weight is 418 g/mol. The first-order valence-corrected chi connectivity index (χ1v) is 10.8. The topological polar surface area (TPSA) is 94.3 Å². The fourth-order valence-corrected chi connectivity index (χ4v) is 4.09. The molecule has 1 aliphatic rings. The van der Waals surface area contributed by atoms with Gasteiger partial charge in [-0.15, -0.1) is 0 Å². The summed E-state index contributed by atoms with van der Waals surface area (Å²) in [5.41, 5.74) is 7.40. The van der Waals surface area contributed by atoms with E-state index in [1.165, 1.54) is 6.42 Å². The van der Waals surface area contributed by atoms with Crippen molar-refractivity contribution in [3.05, 3.63) is 66.5 Å². The van der Waals surface area contributed by atoms with E-state index in [1.54, 1.807) is 36.7 Å². The number of carbonyl (C=O) groups is 2. The van der Waals surface area contributed by atoms with Crippen LogP contribution in [0.1, 0.15) is 43.6 Å². The van der Waals surface area contributed by atoms with Crippen molar-refractivity contribution in [1.29, 1.82) is 0 Å². The molecule has 0 radical (unpaired) electrons. The van der Waals surface area contributed by atoms with Gasteiger partial charge in [0.2, 0.25) is 5.91 Å². The van der Waals surface area contributed by atoms with Crippen LogP contribution >= 0.6 is 0 Å². The van der Waals surface area contributed by atoms with Crippen LogP contribution in [0.15, 0.2) is 60.9 Å². The van der Waals surface area contributed by atoms with Crippen molar-refractivity contribution in [2.45, 2.75) is 38.0 Å². The molecule has 1 aliphatic carbocycles. The van der Waals surface area contributed by atoms with Crippen molar-refractivity contribution >= 4 is 28.3 Å². The van der Waals surface area contributed by atoms with Gasteiger partial charge in [0, 0.05) is 30.0 Å². The standard InChI is InChI=1S/C25H27N3O3/c26-15-23(24(29)28-21-9-6-20-16-27-13-12-19(20)14-21)17-7-10-22(11-8-17)31-25(30)18-4-2-1-3-5-18/h6-14,16,18,23H,1-5,15,26H2,(H,28,29). The lowest BCUT2D eigenvalue weighted by Crippen LogP contribution is -2.27. The molecule has 2 aromatic carbocycles. The Kier molecular flexibility index (Phi) is 6.57. The van der Waals surface area contributed by atoms with Gasteiger partial charge < -0.3 is 15.8 Å². The summed E-state index contributed by atoms with van der Waals surface area (Å²) in [6.45, 7) is 0.171. The number of nitrogens with two attached hydrogens (primary N) is 1. The van der Waals surface area contributed by atoms with E-state index >= 15 is 0 Å². The van der Waals surface area contributed by atoms with Crippen LogP contribution in [-0.2, 0) is 9.59 Å². The van der Waals surface area contributed by atoms with Crippen molar-refractivity contribution in [2.24, 2.45) is 11.7 Å². The second kappa shape index (κ2) is 9.71. The van der Waals surface area contributed by atoms with Crippen LogP contribution in [0.2, 0.25) is 0 Å². The second-order valence-corrected chi connectivity index (χ2v) is 8.04. The number of fused-ring (bicyclic) bond motifs is 1. The number of anilines is 1. The van der Waals surface area contributed by atoms with Gasteiger partial charge in [0.15, 0.2) is 0 Å². The summed E-state index contributed by atoms with van der Waals surface area (Å²) in [6.07, 6.45) is 8.67. The van der Waals surface area contributed by atoms with Gasteiger partial charge in [0.05, 0.1) is 11.8 Å². The van der Waals surface area contributed by atoms with Crippen molar-refractivity contribution in [3.63, 3.8) is 0 Å². The van der Waals surface area contributed by atoms with Gasteiger partial charge in [0.1, 0.15) is 5.75 Å². The van der Waals surface area contributed by atoms with Gasteiger partial charge in [-0.05, 0) is 54.1 Å². The number of aromatic nitrogens is 1. The summed E-state index contributed by atoms with van der Waals surface area (Å²) in [6, 6.07) is 14.6. The molecule has 6 heteroatoms. The number of esters is 1. The highest BCUT2D eigenvalue weighted by molar-refractivity contribution is 5.98. The summed E-state index contributed by atoms with van der Waals surface area (Å²) in [7, 11) is 0. The molecular weight excluding hydrogens is 390 g/mol. The van der Waals surface area contributed by atoms with Gasteiger partial charge in [-0.1, -0.05) is 37.5 Å². The zero-order valence-electron chi connectivity index (χ0n) is 17.4. The van der Waals surface area contributed by atoms with Crippen LogP contribution < -0.4 is 15.8 Å². The fraction of sp³-hybridized carbons (Fsp3) is 0.320. The largest absolute Gasteiger partial charge is 0.426 e. The highest BCUT2D eigenvalue weighted by Gasteiger charge is 2.23. The van der Waals surface area contributed by atoms with Crippen molar-refractivity contribution in [3.8, 4) is 5.75 Å². The predicted octanol–water partition coefficient (Wildman–Crippen LogP) is 4.40. The van der Waals surface area contributed by atoms with Gasteiger partial charge in [-0.25, -0.2) is 0 Å². The van der Waals surface area contributed by atoms with E-state index in [9.17, 15) is 9.59 Å². The zero-order valence-corrected chi connectivity index (χ0v) is 17.4. The van der Waals surface area contributed by atoms with Crippen LogP contribution in [0.3, 0.4) is 0 Å². The predicted molar refractivity (Wildman–Crippen MR) is 121 cm³/mol. The van der Waals surface area contributed by atoms with E-state index < -0.39 is 5.92 Å². The monoisotopic (exact) mass is 417 g/mol. The Bertz CT molecular complexity index is 1060. The minimum atomic E-state index is -0.503. The molecule has 1 amide bonds. The van der Waals surface area contributed by atoms with E-state index in [2.05, 4.69) is 10.3 Å². The molecule has 6 nitrogen and oxygen atoms in total. The normalized spacial score (nSPS) is 15.4. The highest BCUT2D eigenvalue weighted by atomic mass is 16.5. The number of hydrogen-bond donors (Lipinski definition) is 2. The Labute approximate surface area is 181 Å². The third kappa shape index (κ3) is 5.09. The van der Waals surface area contributed by atoms with E-state index in [0.29, 0.717) is 11.4 Å². The summed E-state index contributed by atoms with van der Waals surface area (Å²) in [5, 5.41) is 4.96. The lowest BCUT2D eigenvalue weighted by molar-refractivity contribution is -0.140. The number of ether oxygens (including phenoxy) is 1. The molecule has 31 heavy (non-hydrogen) atoms. The smallest absolute Gasteiger partial charge is 0.314 e. The number of nitrogens with zero attached hydrogens (tertiary/aromatic N) is 1. The summed E-state index contributed by atoms with van der Waals surface area (Å²) >= 11 is 0. The van der Waals surface area contributed by atoms with Crippen molar-refractivity contribution in [2.75, 3.05) is 11.9 Å². The maximum atomic E-state index is 12.9. The lowest BCUT2D eigenvalue weighted by Gasteiger charge is -2.20. The first-order chi connectivity index (χ1) is 15.1. The molecule has 160 valence electrons. The third-order valence-corrected chi connectivity index (χ3v) is 5.90. The molecule has 1 fully saturated rings. The molecule has 1 atom stereocenters. The molecule has 0 aliphatic heterocycles. The fourth-order valence-electron chi connectivity index (χ4n) is 4.09. The first-order valence-electron chi connectivity index (χ1n) is 10.8. The minimum absolute atomic E-state index is 0.00581. The Morgan fingerprint density at radius 1 is 1.03 bits per heavy atom. The number of rotatable bonds is 6. The van der Waals surface area contributed by atoms with Crippen LogP contribution in [0.25, 0.3) is 10.8 Å². The van der Waals surface area contributed by atoms with Gasteiger partial charge in [0.25, 0.3) is 0 Å². The Morgan fingerprint density at radius 3 is 2.55 bits per heavy atom. The number of amides is 1. The average Bonchev–Trinajstić information content (AvgIpc) is 2.81. The molecule has 0 saturated heterocycles. The lowest BCUT2D eigenvalue weighted by atomic mass is 9.89. The number of nitrogens with one attached hydrogen (secondary N) is 1. The SMILES string of the molecule is NCC(C(=O)Nc1ccc2cnccc2c1)c1ccc(OC(=O)C2CCCCC2)cc1. The molecule has 1 heterocycles. The summed E-state index contributed by atoms with van der Waals surface area (Å²) in [5.74, 6) is -0.349. The summed E-state index contributed by atoms with van der Waals surface area (Å²) < 4.78 is 5.54. The van der Waals surface area contributed by atoms with E-state index in [0.717, 1.165) is 42.0 Å². The number of hydrogen-bond acceptors (Lipinski definition) is 5. The second-order valence-electron chi connectivity index (χ2n) is 8.04. The first kappa shape index (κ1) is 21.0. The maximum absolute atomic E-state index is 12.9. The molecular formula is C25H27N3O3. The Hall–Kier alpha value is -3.25. The molecule has 3 aromatic rings. The van der Waals surface area contributed by atoms with E-state index in [-0.39, 0.29) is 24.3 Å². The van der Waals surface area contributed by atoms with Crippen LogP contribution in [0, 0.1) is 5.92 Å². The van der Waals surface area contributed by atoms with Crippen LogP contribution in [0.4, 0.5) is 5.69 Å². The van der Waals surface area contributed by atoms with Crippen molar-refractivity contribution < 1.29 is 14.3 Å². The van der Waals surface area contributed by atoms with E-state index in [1.807, 2.05) is 24.3 Å². The quantitative estimate of drug-likeness (QED) is 0.458. The number of pyridine rings is 1. The number of benzene rings is 2.